The van der Waals surface area contributed by atoms with Crippen LogP contribution in [0.2, 0.25) is 0 Å². The lowest BCUT2D eigenvalue weighted by Crippen LogP contribution is -2.06. The lowest BCUT2D eigenvalue weighted by atomic mass is 10.2. The fourth-order valence-electron chi connectivity index (χ4n) is 0.581. The zero-order valence-electron chi connectivity index (χ0n) is 7.62. The highest BCUT2D eigenvalue weighted by molar-refractivity contribution is 5.87. The Hall–Kier alpha value is -2.11. The number of hydrogen-bond acceptors (Lipinski definition) is 3. The van der Waals surface area contributed by atoms with Crippen LogP contribution in [-0.2, 0) is 0 Å². The normalized spacial score (nSPS) is 9.93. The topological polar surface area (TPSA) is 102 Å². The van der Waals surface area contributed by atoms with Crippen molar-refractivity contribution >= 4 is 5.97 Å². The Morgan fingerprint density at radius 3 is 2.14 bits per heavy atom. The van der Waals surface area contributed by atoms with Gasteiger partial charge in [0.2, 0.25) is 0 Å². The summed E-state index contributed by atoms with van der Waals surface area (Å²) in [6.07, 6.45) is 0. The molecule has 0 saturated carbocycles. The maximum Gasteiger partial charge on any atom is 0.335 e. The Morgan fingerprint density at radius 2 is 1.93 bits per heavy atom. The highest BCUT2D eigenvalue weighted by Gasteiger charge is 1.96. The molecule has 0 radical (unpaired) electrons. The van der Waals surface area contributed by atoms with Crippen LogP contribution < -0.4 is 5.84 Å². The van der Waals surface area contributed by atoms with Gasteiger partial charge in [-0.3, -0.25) is 0 Å². The van der Waals surface area contributed by atoms with Crippen molar-refractivity contribution in [2.75, 3.05) is 7.05 Å². The zero-order valence-corrected chi connectivity index (χ0v) is 7.62. The van der Waals surface area contributed by atoms with Crippen molar-refractivity contribution in [3.63, 3.8) is 0 Å². The molecule has 6 heteroatoms. The average Bonchev–Trinajstić information content (AvgIpc) is 2.20. The second-order valence-electron chi connectivity index (χ2n) is 2.17. The lowest BCUT2D eigenvalue weighted by molar-refractivity contribution is -0.540. The minimum atomic E-state index is -0.879. The van der Waals surface area contributed by atoms with Crippen LogP contribution >= 0.6 is 0 Å². The van der Waals surface area contributed by atoms with Gasteiger partial charge in [0.1, 0.15) is 0 Å². The summed E-state index contributed by atoms with van der Waals surface area (Å²) in [4.78, 5) is 10.2. The predicted octanol–water partition coefficient (Wildman–Crippen LogP) is 0.837. The van der Waals surface area contributed by atoms with Crippen LogP contribution in [-0.4, -0.2) is 23.1 Å². The van der Waals surface area contributed by atoms with Crippen molar-refractivity contribution in [2.24, 2.45) is 11.0 Å². The summed E-state index contributed by atoms with van der Waals surface area (Å²) in [7, 11) is 1.31. The van der Waals surface area contributed by atoms with Gasteiger partial charge in [0.15, 0.2) is 0 Å². The summed E-state index contributed by atoms with van der Waals surface area (Å²) in [5.74, 6) is 3.52. The quantitative estimate of drug-likeness (QED) is 0.301. The number of rotatable bonds is 1. The molecule has 1 aromatic carbocycles. The number of carboxylic acid groups (broad SMARTS) is 1. The molecule has 0 aliphatic carbocycles. The van der Waals surface area contributed by atoms with Crippen LogP contribution in [0.15, 0.2) is 35.4 Å². The van der Waals surface area contributed by atoms with E-state index >= 15 is 0 Å². The van der Waals surface area contributed by atoms with E-state index in [-0.39, 0.29) is 4.97 Å². The number of hydrazine groups is 1. The molecule has 0 spiro atoms. The van der Waals surface area contributed by atoms with E-state index in [4.69, 9.17) is 5.11 Å². The number of nitrogens with zero attached hydrogens (tertiary/aromatic N) is 2. The summed E-state index contributed by atoms with van der Waals surface area (Å²) in [6, 6.07) is 8.30. The second-order valence-corrected chi connectivity index (χ2v) is 2.17. The van der Waals surface area contributed by atoms with Crippen LogP contribution in [0.1, 0.15) is 10.4 Å². The highest BCUT2D eigenvalue weighted by Crippen LogP contribution is 1.96. The van der Waals surface area contributed by atoms with Crippen molar-refractivity contribution in [2.45, 2.75) is 0 Å². The molecule has 14 heavy (non-hydrogen) atoms. The molecule has 1 rings (SSSR count). The van der Waals surface area contributed by atoms with E-state index < -0.39 is 5.97 Å². The molecule has 0 bridgehead atoms. The van der Waals surface area contributed by atoms with Crippen LogP contribution in [0.4, 0.5) is 0 Å². The molecule has 6 nitrogen and oxygen atoms in total. The van der Waals surface area contributed by atoms with Gasteiger partial charge in [0.05, 0.1) is 12.6 Å². The number of benzene rings is 1. The summed E-state index contributed by atoms with van der Waals surface area (Å²) in [5.41, 5.74) is 0.331. The van der Waals surface area contributed by atoms with Crippen molar-refractivity contribution in [1.29, 1.82) is 0 Å². The Labute approximate surface area is 80.8 Å². The first-order chi connectivity index (χ1) is 6.57. The predicted molar refractivity (Wildman–Crippen MR) is 49.6 cm³/mol. The minimum absolute atomic E-state index is 0. The monoisotopic (exact) mass is 197 g/mol. The molecule has 0 aliphatic rings. The third-order valence-electron chi connectivity index (χ3n) is 1.22. The fourth-order valence-corrected chi connectivity index (χ4v) is 0.581. The van der Waals surface area contributed by atoms with Crippen molar-refractivity contribution in [1.82, 2.24) is 0 Å². The van der Waals surface area contributed by atoms with Gasteiger partial charge in [-0.1, -0.05) is 18.2 Å². The summed E-state index contributed by atoms with van der Waals surface area (Å²) in [5, 5.41) is 20.7. The number of hydrogen-bond donors (Lipinski definition) is 2. The molecular formula is C8H11N3O3. The molecule has 76 valence electrons. The molecule has 0 heterocycles. The first-order valence-electron chi connectivity index (χ1n) is 3.68. The minimum Gasteiger partial charge on any atom is -0.572 e. The second kappa shape index (κ2) is 6.41. The van der Waals surface area contributed by atoms with Crippen LogP contribution in [0.5, 0.6) is 0 Å². The van der Waals surface area contributed by atoms with Gasteiger partial charge in [-0.15, -0.1) is 0 Å². The standard InChI is InChI=1S/C7H6O2.CH5N3O/c8-7(9)6-4-2-1-3-5-6;1-3-4(2)5/h1-5H,(H,8,9);1H3,(H2,2,3). The summed E-state index contributed by atoms with van der Waals surface area (Å²) >= 11 is 0. The molecule has 0 saturated heterocycles. The maximum absolute atomic E-state index is 10.2. The van der Waals surface area contributed by atoms with Crippen LogP contribution in [0.3, 0.4) is 0 Å². The molecule has 0 atom stereocenters. The van der Waals surface area contributed by atoms with Crippen LogP contribution in [0, 0.1) is 5.21 Å². The third kappa shape index (κ3) is 5.53. The van der Waals surface area contributed by atoms with Gasteiger partial charge in [-0.2, -0.15) is 5.84 Å². The van der Waals surface area contributed by atoms with E-state index in [1.807, 2.05) is 0 Å². The molecule has 0 unspecified atom stereocenters. The van der Waals surface area contributed by atoms with Gasteiger partial charge in [-0.05, 0) is 17.2 Å². The average molecular weight is 197 g/mol. The van der Waals surface area contributed by atoms with E-state index in [1.165, 1.54) is 7.05 Å². The Bertz CT molecular complexity index is 307. The number of carbonyl (C=O) groups is 1. The van der Waals surface area contributed by atoms with Crippen molar-refractivity contribution in [3.8, 4) is 0 Å². The number of aromatic carboxylic acids is 1. The lowest BCUT2D eigenvalue weighted by Gasteiger charge is -1.88. The molecule has 0 aliphatic heterocycles. The highest BCUT2D eigenvalue weighted by atomic mass is 16.5. The summed E-state index contributed by atoms with van der Waals surface area (Å²) < 4.78 is 0. The SMILES string of the molecule is C/N=[N+](\N)[O-].O=C(O)c1ccccc1. The first-order valence-corrected chi connectivity index (χ1v) is 3.68. The smallest absolute Gasteiger partial charge is 0.335 e. The van der Waals surface area contributed by atoms with E-state index in [1.54, 1.807) is 30.3 Å². The molecule has 0 amide bonds. The van der Waals surface area contributed by atoms with Gasteiger partial charge in [-0.25, -0.2) is 4.79 Å². The fraction of sp³-hybridized carbons (Fsp3) is 0.125. The molecule has 1 aromatic rings. The Morgan fingerprint density at radius 1 is 1.50 bits per heavy atom. The largest absolute Gasteiger partial charge is 0.572 e. The van der Waals surface area contributed by atoms with Gasteiger partial charge in [0, 0.05) is 4.97 Å². The van der Waals surface area contributed by atoms with E-state index in [2.05, 4.69) is 11.0 Å². The molecular weight excluding hydrogens is 186 g/mol. The number of carboxylic acids is 1. The first kappa shape index (κ1) is 11.9. The van der Waals surface area contributed by atoms with E-state index in [0.717, 1.165) is 0 Å². The molecule has 0 fully saturated rings. The van der Waals surface area contributed by atoms with Gasteiger partial charge in [0.25, 0.3) is 0 Å². The Kier molecular flexibility index (Phi) is 5.44. The maximum atomic E-state index is 10.2. The third-order valence-corrected chi connectivity index (χ3v) is 1.22. The molecule has 0 aromatic heterocycles. The van der Waals surface area contributed by atoms with Crippen LogP contribution in [0.25, 0.3) is 0 Å². The zero-order chi connectivity index (χ0) is 11.0. The Balaban J connectivity index is 0.000000292. The number of nitrogens with two attached hydrogens (primary N) is 1. The van der Waals surface area contributed by atoms with Gasteiger partial charge < -0.3 is 10.3 Å². The van der Waals surface area contributed by atoms with Crippen molar-refractivity contribution < 1.29 is 14.9 Å². The molecule has 3 N–H and O–H groups in total. The van der Waals surface area contributed by atoms with E-state index in [0.29, 0.717) is 5.56 Å². The van der Waals surface area contributed by atoms with Crippen molar-refractivity contribution in [3.05, 3.63) is 41.1 Å². The van der Waals surface area contributed by atoms with E-state index in [9.17, 15) is 10.0 Å². The van der Waals surface area contributed by atoms with Gasteiger partial charge >= 0.3 is 5.97 Å². The summed E-state index contributed by atoms with van der Waals surface area (Å²) in [6.45, 7) is 0.